The van der Waals surface area contributed by atoms with Gasteiger partial charge < -0.3 is 4.74 Å². The smallest absolute Gasteiger partial charge is 0.264 e. The average Bonchev–Trinajstić information content (AvgIpc) is 2.41. The van der Waals surface area contributed by atoms with E-state index in [9.17, 15) is 12.8 Å². The number of aromatic nitrogens is 1. The average molecular weight is 296 g/mol. The van der Waals surface area contributed by atoms with Crippen LogP contribution in [0.1, 0.15) is 6.92 Å². The summed E-state index contributed by atoms with van der Waals surface area (Å²) >= 11 is 0. The molecule has 0 aliphatic carbocycles. The van der Waals surface area contributed by atoms with E-state index in [-0.39, 0.29) is 5.69 Å². The summed E-state index contributed by atoms with van der Waals surface area (Å²) < 4.78 is 44.9. The quantitative estimate of drug-likeness (QED) is 0.920. The maximum atomic E-state index is 13.5. The Labute approximate surface area is 116 Å². The summed E-state index contributed by atoms with van der Waals surface area (Å²) in [5, 5.41) is 0. The molecule has 1 aromatic heterocycles. The van der Waals surface area contributed by atoms with Crippen molar-refractivity contribution in [2.75, 3.05) is 11.3 Å². The van der Waals surface area contributed by atoms with E-state index in [1.165, 1.54) is 36.5 Å². The monoisotopic (exact) mass is 296 g/mol. The standard InChI is InChI=1S/C13H13FN2O3S/c1-2-19-13-8-7-10(9-15-13)16-20(17,18)12-6-4-3-5-11(12)14/h3-9,16H,2H2,1H3. The number of nitrogens with one attached hydrogen (secondary N) is 1. The van der Waals surface area contributed by atoms with Gasteiger partial charge in [0.15, 0.2) is 0 Å². The fourth-order valence-electron chi connectivity index (χ4n) is 1.55. The molecule has 1 heterocycles. The zero-order valence-corrected chi connectivity index (χ0v) is 11.5. The van der Waals surface area contributed by atoms with E-state index < -0.39 is 20.7 Å². The highest BCUT2D eigenvalue weighted by Crippen LogP contribution is 2.19. The molecule has 0 unspecified atom stereocenters. The molecular formula is C13H13FN2O3S. The largest absolute Gasteiger partial charge is 0.478 e. The van der Waals surface area contributed by atoms with Gasteiger partial charge in [-0.2, -0.15) is 0 Å². The Hall–Kier alpha value is -2.15. The molecule has 0 saturated heterocycles. The number of sulfonamides is 1. The number of pyridine rings is 1. The van der Waals surface area contributed by atoms with Crippen molar-refractivity contribution < 1.29 is 17.5 Å². The molecule has 20 heavy (non-hydrogen) atoms. The van der Waals surface area contributed by atoms with Gasteiger partial charge in [-0.1, -0.05) is 12.1 Å². The molecule has 1 N–H and O–H groups in total. The van der Waals surface area contributed by atoms with Crippen molar-refractivity contribution in [3.8, 4) is 5.88 Å². The van der Waals surface area contributed by atoms with Crippen LogP contribution in [0, 0.1) is 5.82 Å². The molecular weight excluding hydrogens is 283 g/mol. The molecule has 106 valence electrons. The zero-order chi connectivity index (χ0) is 14.6. The van der Waals surface area contributed by atoms with E-state index >= 15 is 0 Å². The Morgan fingerprint density at radius 1 is 1.25 bits per heavy atom. The van der Waals surface area contributed by atoms with Crippen molar-refractivity contribution in [1.82, 2.24) is 4.98 Å². The van der Waals surface area contributed by atoms with Crippen LogP contribution in [0.15, 0.2) is 47.5 Å². The van der Waals surface area contributed by atoms with Crippen LogP contribution in [0.5, 0.6) is 5.88 Å². The Morgan fingerprint density at radius 2 is 2.00 bits per heavy atom. The van der Waals surface area contributed by atoms with Crippen LogP contribution in [0.3, 0.4) is 0 Å². The molecule has 0 saturated carbocycles. The lowest BCUT2D eigenvalue weighted by atomic mass is 10.4. The summed E-state index contributed by atoms with van der Waals surface area (Å²) in [5.41, 5.74) is 0.233. The lowest BCUT2D eigenvalue weighted by Gasteiger charge is -2.09. The van der Waals surface area contributed by atoms with Gasteiger partial charge in [0, 0.05) is 6.07 Å². The second kappa shape index (κ2) is 5.87. The van der Waals surface area contributed by atoms with Crippen LogP contribution in [0.4, 0.5) is 10.1 Å². The molecule has 0 bridgehead atoms. The topological polar surface area (TPSA) is 68.3 Å². The number of anilines is 1. The highest BCUT2D eigenvalue weighted by molar-refractivity contribution is 7.92. The SMILES string of the molecule is CCOc1ccc(NS(=O)(=O)c2ccccc2F)cn1. The molecule has 0 amide bonds. The number of hydrogen-bond acceptors (Lipinski definition) is 4. The summed E-state index contributed by atoms with van der Waals surface area (Å²) in [5.74, 6) is -0.416. The molecule has 0 atom stereocenters. The lowest BCUT2D eigenvalue weighted by molar-refractivity contribution is 0.327. The van der Waals surface area contributed by atoms with E-state index in [2.05, 4.69) is 9.71 Å². The minimum absolute atomic E-state index is 0.233. The molecule has 1 aromatic carbocycles. The van der Waals surface area contributed by atoms with Gasteiger partial charge in [-0.15, -0.1) is 0 Å². The van der Waals surface area contributed by atoms with Gasteiger partial charge >= 0.3 is 0 Å². The first-order valence-electron chi connectivity index (χ1n) is 5.89. The fraction of sp³-hybridized carbons (Fsp3) is 0.154. The van der Waals surface area contributed by atoms with Gasteiger partial charge in [0.2, 0.25) is 5.88 Å². The predicted octanol–water partition coefficient (Wildman–Crippen LogP) is 2.42. The van der Waals surface area contributed by atoms with Gasteiger partial charge in [-0.3, -0.25) is 4.72 Å². The molecule has 0 fully saturated rings. The summed E-state index contributed by atoms with van der Waals surface area (Å²) in [6.07, 6.45) is 1.31. The van der Waals surface area contributed by atoms with E-state index in [1.807, 2.05) is 6.92 Å². The number of hydrogen-bond donors (Lipinski definition) is 1. The summed E-state index contributed by atoms with van der Waals surface area (Å²) in [4.78, 5) is 3.52. The normalized spacial score (nSPS) is 11.1. The summed E-state index contributed by atoms with van der Waals surface area (Å²) in [7, 11) is -3.97. The molecule has 2 aromatic rings. The number of ether oxygens (including phenoxy) is 1. The van der Waals surface area contributed by atoms with Gasteiger partial charge in [0.1, 0.15) is 10.7 Å². The zero-order valence-electron chi connectivity index (χ0n) is 10.7. The van der Waals surface area contributed by atoms with Crippen LogP contribution in [0.2, 0.25) is 0 Å². The number of halogens is 1. The molecule has 0 radical (unpaired) electrons. The third-order valence-corrected chi connectivity index (χ3v) is 3.82. The number of rotatable bonds is 5. The Bertz CT molecular complexity index is 687. The van der Waals surface area contributed by atoms with Crippen LogP contribution >= 0.6 is 0 Å². The number of nitrogens with zero attached hydrogens (tertiary/aromatic N) is 1. The van der Waals surface area contributed by atoms with E-state index in [0.717, 1.165) is 6.07 Å². The van der Waals surface area contributed by atoms with E-state index in [0.29, 0.717) is 12.5 Å². The van der Waals surface area contributed by atoms with E-state index in [4.69, 9.17) is 4.74 Å². The number of benzene rings is 1. The second-order valence-electron chi connectivity index (χ2n) is 3.85. The van der Waals surface area contributed by atoms with Gasteiger partial charge in [-0.25, -0.2) is 17.8 Å². The molecule has 0 spiro atoms. The van der Waals surface area contributed by atoms with Gasteiger partial charge in [0.05, 0.1) is 18.5 Å². The highest BCUT2D eigenvalue weighted by Gasteiger charge is 2.18. The molecule has 2 rings (SSSR count). The minimum Gasteiger partial charge on any atom is -0.478 e. The molecule has 5 nitrogen and oxygen atoms in total. The molecule has 0 aliphatic heterocycles. The maximum absolute atomic E-state index is 13.5. The van der Waals surface area contributed by atoms with Crippen molar-refractivity contribution in [1.29, 1.82) is 0 Å². The molecule has 0 aliphatic rings. The maximum Gasteiger partial charge on any atom is 0.264 e. The Kier molecular flexibility index (Phi) is 4.19. The first-order valence-corrected chi connectivity index (χ1v) is 7.37. The van der Waals surface area contributed by atoms with Crippen LogP contribution in [-0.4, -0.2) is 20.0 Å². The highest BCUT2D eigenvalue weighted by atomic mass is 32.2. The predicted molar refractivity (Wildman–Crippen MR) is 72.6 cm³/mol. The first kappa shape index (κ1) is 14.3. The Morgan fingerprint density at radius 3 is 2.60 bits per heavy atom. The lowest BCUT2D eigenvalue weighted by Crippen LogP contribution is -2.14. The van der Waals surface area contributed by atoms with Gasteiger partial charge in [0.25, 0.3) is 10.0 Å². The second-order valence-corrected chi connectivity index (χ2v) is 5.50. The summed E-state index contributed by atoms with van der Waals surface area (Å²) in [6, 6.07) is 8.19. The van der Waals surface area contributed by atoms with Crippen molar-refractivity contribution in [3.05, 3.63) is 48.4 Å². The third-order valence-electron chi connectivity index (χ3n) is 2.41. The molecule has 7 heteroatoms. The van der Waals surface area contributed by atoms with Crippen molar-refractivity contribution in [2.45, 2.75) is 11.8 Å². The Balaban J connectivity index is 2.22. The van der Waals surface area contributed by atoms with Crippen LogP contribution in [0.25, 0.3) is 0 Å². The third kappa shape index (κ3) is 3.24. The summed E-state index contributed by atoms with van der Waals surface area (Å²) in [6.45, 7) is 2.28. The first-order chi connectivity index (χ1) is 9.53. The van der Waals surface area contributed by atoms with Crippen molar-refractivity contribution >= 4 is 15.7 Å². The fourth-order valence-corrected chi connectivity index (χ4v) is 2.67. The van der Waals surface area contributed by atoms with Crippen molar-refractivity contribution in [2.24, 2.45) is 0 Å². The van der Waals surface area contributed by atoms with Crippen LogP contribution in [-0.2, 0) is 10.0 Å². The van der Waals surface area contributed by atoms with E-state index in [1.54, 1.807) is 0 Å². The van der Waals surface area contributed by atoms with Crippen LogP contribution < -0.4 is 9.46 Å². The minimum atomic E-state index is -3.97. The van der Waals surface area contributed by atoms with Gasteiger partial charge in [-0.05, 0) is 25.1 Å². The van der Waals surface area contributed by atoms with Crippen molar-refractivity contribution in [3.63, 3.8) is 0 Å².